The van der Waals surface area contributed by atoms with Crippen LogP contribution in [0.3, 0.4) is 0 Å². The molecule has 94 valence electrons. The SMILES string of the molecule is Cc1cccc(C(C)NC2CCCC(O)C2)c1. The van der Waals surface area contributed by atoms with Gasteiger partial charge >= 0.3 is 0 Å². The molecule has 1 aliphatic rings. The van der Waals surface area contributed by atoms with Gasteiger partial charge in [0.2, 0.25) is 0 Å². The topological polar surface area (TPSA) is 32.3 Å². The van der Waals surface area contributed by atoms with Crippen LogP contribution in [0.1, 0.15) is 49.8 Å². The van der Waals surface area contributed by atoms with Gasteiger partial charge in [0.1, 0.15) is 0 Å². The van der Waals surface area contributed by atoms with Crippen LogP contribution in [0.5, 0.6) is 0 Å². The van der Waals surface area contributed by atoms with E-state index in [1.165, 1.54) is 17.5 Å². The number of aliphatic hydroxyl groups excluding tert-OH is 1. The van der Waals surface area contributed by atoms with E-state index in [9.17, 15) is 5.11 Å². The van der Waals surface area contributed by atoms with Crippen LogP contribution < -0.4 is 5.32 Å². The van der Waals surface area contributed by atoms with Crippen LogP contribution in [0.15, 0.2) is 24.3 Å². The summed E-state index contributed by atoms with van der Waals surface area (Å²) >= 11 is 0. The Balaban J connectivity index is 1.94. The van der Waals surface area contributed by atoms with E-state index in [-0.39, 0.29) is 6.10 Å². The summed E-state index contributed by atoms with van der Waals surface area (Å²) in [5.74, 6) is 0. The van der Waals surface area contributed by atoms with E-state index in [1.807, 2.05) is 0 Å². The number of hydrogen-bond acceptors (Lipinski definition) is 2. The maximum atomic E-state index is 9.67. The second kappa shape index (κ2) is 5.65. The van der Waals surface area contributed by atoms with E-state index >= 15 is 0 Å². The van der Waals surface area contributed by atoms with Crippen LogP contribution >= 0.6 is 0 Å². The van der Waals surface area contributed by atoms with Gasteiger partial charge in [-0.05, 0) is 45.1 Å². The van der Waals surface area contributed by atoms with Crippen LogP contribution in [0.2, 0.25) is 0 Å². The maximum Gasteiger partial charge on any atom is 0.0555 e. The molecule has 1 aliphatic carbocycles. The first-order valence-electron chi connectivity index (χ1n) is 6.66. The van der Waals surface area contributed by atoms with E-state index in [4.69, 9.17) is 0 Å². The average molecular weight is 233 g/mol. The van der Waals surface area contributed by atoms with E-state index in [0.29, 0.717) is 12.1 Å². The Labute approximate surface area is 104 Å². The van der Waals surface area contributed by atoms with E-state index < -0.39 is 0 Å². The Morgan fingerprint density at radius 1 is 1.35 bits per heavy atom. The summed E-state index contributed by atoms with van der Waals surface area (Å²) in [5, 5.41) is 13.3. The van der Waals surface area contributed by atoms with Crippen LogP contribution in [-0.4, -0.2) is 17.3 Å². The molecule has 3 unspecified atom stereocenters. The van der Waals surface area contributed by atoms with Crippen LogP contribution in [0.4, 0.5) is 0 Å². The van der Waals surface area contributed by atoms with Gasteiger partial charge in [-0.3, -0.25) is 0 Å². The van der Waals surface area contributed by atoms with Gasteiger partial charge in [-0.2, -0.15) is 0 Å². The molecule has 0 aliphatic heterocycles. The predicted octanol–water partition coefficient (Wildman–Crippen LogP) is 2.95. The van der Waals surface area contributed by atoms with Crippen molar-refractivity contribution in [1.82, 2.24) is 5.32 Å². The highest BCUT2D eigenvalue weighted by atomic mass is 16.3. The number of rotatable bonds is 3. The molecule has 2 nitrogen and oxygen atoms in total. The summed E-state index contributed by atoms with van der Waals surface area (Å²) in [6.45, 7) is 4.33. The first kappa shape index (κ1) is 12.6. The zero-order chi connectivity index (χ0) is 12.3. The van der Waals surface area contributed by atoms with Gasteiger partial charge in [0, 0.05) is 12.1 Å². The predicted molar refractivity (Wildman–Crippen MR) is 71.0 cm³/mol. The molecule has 3 atom stereocenters. The third-order valence-electron chi connectivity index (χ3n) is 3.67. The fraction of sp³-hybridized carbons (Fsp3) is 0.600. The van der Waals surface area contributed by atoms with Gasteiger partial charge in [-0.1, -0.05) is 29.8 Å². The van der Waals surface area contributed by atoms with Gasteiger partial charge < -0.3 is 10.4 Å². The number of benzene rings is 1. The molecule has 0 bridgehead atoms. The second-order valence-corrected chi connectivity index (χ2v) is 5.32. The first-order valence-corrected chi connectivity index (χ1v) is 6.66. The molecule has 0 spiro atoms. The van der Waals surface area contributed by atoms with Crippen LogP contribution in [0, 0.1) is 6.92 Å². The molecule has 0 amide bonds. The van der Waals surface area contributed by atoms with Crippen molar-refractivity contribution in [3.63, 3.8) is 0 Å². The zero-order valence-electron chi connectivity index (χ0n) is 10.8. The maximum absolute atomic E-state index is 9.67. The summed E-state index contributed by atoms with van der Waals surface area (Å²) in [4.78, 5) is 0. The second-order valence-electron chi connectivity index (χ2n) is 5.32. The molecule has 0 heterocycles. The molecule has 0 aromatic heterocycles. The largest absolute Gasteiger partial charge is 0.393 e. The van der Waals surface area contributed by atoms with E-state index in [0.717, 1.165) is 19.3 Å². The van der Waals surface area contributed by atoms with Crippen molar-refractivity contribution >= 4 is 0 Å². The lowest BCUT2D eigenvalue weighted by molar-refractivity contribution is 0.109. The Bertz CT molecular complexity index is 364. The molecule has 1 aromatic rings. The molecular formula is C15H23NO. The Kier molecular flexibility index (Phi) is 4.19. The Hall–Kier alpha value is -0.860. The standard InChI is InChI=1S/C15H23NO/c1-11-5-3-6-13(9-11)12(2)16-14-7-4-8-15(17)10-14/h3,5-6,9,12,14-17H,4,7-8,10H2,1-2H3. The van der Waals surface area contributed by atoms with Crippen molar-refractivity contribution in [2.75, 3.05) is 0 Å². The van der Waals surface area contributed by atoms with Gasteiger partial charge in [0.15, 0.2) is 0 Å². The van der Waals surface area contributed by atoms with E-state index in [2.05, 4.69) is 43.4 Å². The molecule has 1 saturated carbocycles. The number of aliphatic hydroxyl groups is 1. The van der Waals surface area contributed by atoms with Gasteiger partial charge in [0.05, 0.1) is 6.10 Å². The van der Waals surface area contributed by atoms with Crippen molar-refractivity contribution in [3.05, 3.63) is 35.4 Å². The lowest BCUT2D eigenvalue weighted by Gasteiger charge is -2.29. The minimum Gasteiger partial charge on any atom is -0.393 e. The number of aryl methyl sites for hydroxylation is 1. The molecule has 2 N–H and O–H groups in total. The summed E-state index contributed by atoms with van der Waals surface area (Å²) in [5.41, 5.74) is 2.64. The normalized spacial score (nSPS) is 26.8. The average Bonchev–Trinajstić information content (AvgIpc) is 2.29. The molecular weight excluding hydrogens is 210 g/mol. The first-order chi connectivity index (χ1) is 8.15. The lowest BCUT2D eigenvalue weighted by Crippen LogP contribution is -2.37. The monoisotopic (exact) mass is 233 g/mol. The zero-order valence-corrected chi connectivity index (χ0v) is 10.8. The van der Waals surface area contributed by atoms with Crippen LogP contribution in [-0.2, 0) is 0 Å². The third-order valence-corrected chi connectivity index (χ3v) is 3.67. The molecule has 1 fully saturated rings. The minimum absolute atomic E-state index is 0.106. The fourth-order valence-corrected chi connectivity index (χ4v) is 2.70. The highest BCUT2D eigenvalue weighted by Crippen LogP contribution is 2.22. The van der Waals surface area contributed by atoms with Gasteiger partial charge in [-0.15, -0.1) is 0 Å². The van der Waals surface area contributed by atoms with Crippen molar-refractivity contribution in [2.24, 2.45) is 0 Å². The summed E-state index contributed by atoms with van der Waals surface area (Å²) in [6, 6.07) is 9.47. The lowest BCUT2D eigenvalue weighted by atomic mass is 9.92. The van der Waals surface area contributed by atoms with Crippen molar-refractivity contribution in [2.45, 2.75) is 57.7 Å². The van der Waals surface area contributed by atoms with Crippen molar-refractivity contribution in [3.8, 4) is 0 Å². The van der Waals surface area contributed by atoms with Crippen molar-refractivity contribution in [1.29, 1.82) is 0 Å². The van der Waals surface area contributed by atoms with Gasteiger partial charge in [0.25, 0.3) is 0 Å². The summed E-state index contributed by atoms with van der Waals surface area (Å²) < 4.78 is 0. The Morgan fingerprint density at radius 3 is 2.88 bits per heavy atom. The molecule has 2 heteroatoms. The molecule has 0 saturated heterocycles. The molecule has 2 rings (SSSR count). The summed E-state index contributed by atoms with van der Waals surface area (Å²) in [6.07, 6.45) is 4.09. The van der Waals surface area contributed by atoms with Crippen molar-refractivity contribution < 1.29 is 5.11 Å². The summed E-state index contributed by atoms with van der Waals surface area (Å²) in [7, 11) is 0. The number of hydrogen-bond donors (Lipinski definition) is 2. The van der Waals surface area contributed by atoms with Crippen LogP contribution in [0.25, 0.3) is 0 Å². The molecule has 1 aromatic carbocycles. The molecule has 0 radical (unpaired) electrons. The quantitative estimate of drug-likeness (QED) is 0.841. The minimum atomic E-state index is -0.106. The van der Waals surface area contributed by atoms with E-state index in [1.54, 1.807) is 0 Å². The highest BCUT2D eigenvalue weighted by molar-refractivity contribution is 5.24. The molecule has 17 heavy (non-hydrogen) atoms. The fourth-order valence-electron chi connectivity index (χ4n) is 2.70. The highest BCUT2D eigenvalue weighted by Gasteiger charge is 2.21. The van der Waals surface area contributed by atoms with Gasteiger partial charge in [-0.25, -0.2) is 0 Å². The number of nitrogens with one attached hydrogen (secondary N) is 1. The third kappa shape index (κ3) is 3.55. The smallest absolute Gasteiger partial charge is 0.0555 e. The Morgan fingerprint density at radius 2 is 2.18 bits per heavy atom.